The molecule has 1 amide bonds. The number of aryl methyl sites for hydroxylation is 2. The number of rotatable bonds is 10. The van der Waals surface area contributed by atoms with Crippen molar-refractivity contribution in [1.29, 1.82) is 0 Å². The Morgan fingerprint density at radius 2 is 1.68 bits per heavy atom. The van der Waals surface area contributed by atoms with Crippen LogP contribution in [0.1, 0.15) is 57.2 Å². The fourth-order valence-electron chi connectivity index (χ4n) is 4.03. The number of nitrogens with one attached hydrogen (secondary N) is 2. The lowest BCUT2D eigenvalue weighted by molar-refractivity contribution is -0.384. The molecule has 12 heteroatoms. The highest BCUT2D eigenvalue weighted by Gasteiger charge is 2.22. The summed E-state index contributed by atoms with van der Waals surface area (Å²) < 4.78 is 11.9. The number of hydrogen-bond acceptors (Lipinski definition) is 8. The standard InChI is InChI=1S/C26H29N5O7/c1-6-37-25(33)20-12-22(18-8-10-19(11-9-18)31(35)36)30(17(20)5)14-23(32)29-27-13-21-15(3)28-16(4)24(21)26(34)38-7-2/h8-13,28H,6-7,14H2,1-5H3,(H,29,32)/b27-13+. The summed E-state index contributed by atoms with van der Waals surface area (Å²) in [6.07, 6.45) is 1.37. The first-order chi connectivity index (χ1) is 18.1. The highest BCUT2D eigenvalue weighted by Crippen LogP contribution is 2.28. The van der Waals surface area contributed by atoms with Gasteiger partial charge < -0.3 is 19.0 Å². The predicted octanol–water partition coefficient (Wildman–Crippen LogP) is 3.82. The van der Waals surface area contributed by atoms with Gasteiger partial charge in [-0.15, -0.1) is 0 Å². The van der Waals surface area contributed by atoms with Crippen molar-refractivity contribution in [2.75, 3.05) is 13.2 Å². The average Bonchev–Trinajstić information content (AvgIpc) is 3.34. The molecule has 0 radical (unpaired) electrons. The Balaban J connectivity index is 1.88. The van der Waals surface area contributed by atoms with Gasteiger partial charge in [0.05, 0.1) is 35.5 Å². The molecule has 1 aromatic carbocycles. The zero-order valence-electron chi connectivity index (χ0n) is 21.8. The third-order valence-corrected chi connectivity index (χ3v) is 5.82. The molecule has 0 saturated heterocycles. The summed E-state index contributed by atoms with van der Waals surface area (Å²) in [5, 5.41) is 15.1. The number of non-ortho nitro benzene ring substituents is 1. The summed E-state index contributed by atoms with van der Waals surface area (Å²) in [6, 6.07) is 7.37. The van der Waals surface area contributed by atoms with E-state index in [9.17, 15) is 24.5 Å². The quantitative estimate of drug-likeness (QED) is 0.177. The number of ether oxygens (including phenoxy) is 2. The Morgan fingerprint density at radius 3 is 2.29 bits per heavy atom. The van der Waals surface area contributed by atoms with Crippen LogP contribution in [0.5, 0.6) is 0 Å². The Labute approximate surface area is 218 Å². The molecule has 3 rings (SSSR count). The number of aromatic amines is 1. The second kappa shape index (κ2) is 12.0. The van der Waals surface area contributed by atoms with E-state index in [1.807, 2.05) is 0 Å². The molecule has 0 atom stereocenters. The van der Waals surface area contributed by atoms with Crippen molar-refractivity contribution in [2.45, 2.75) is 41.2 Å². The maximum absolute atomic E-state index is 12.8. The number of aromatic nitrogens is 2. The van der Waals surface area contributed by atoms with Crippen molar-refractivity contribution in [3.63, 3.8) is 0 Å². The van der Waals surface area contributed by atoms with Crippen LogP contribution >= 0.6 is 0 Å². The van der Waals surface area contributed by atoms with E-state index in [1.54, 1.807) is 57.4 Å². The van der Waals surface area contributed by atoms with Gasteiger partial charge in [0, 0.05) is 40.5 Å². The van der Waals surface area contributed by atoms with Crippen LogP contribution in [0.25, 0.3) is 11.3 Å². The summed E-state index contributed by atoms with van der Waals surface area (Å²) in [4.78, 5) is 51.3. The molecule has 12 nitrogen and oxygen atoms in total. The molecular formula is C26H29N5O7. The minimum atomic E-state index is -0.546. The molecule has 2 N–H and O–H groups in total. The van der Waals surface area contributed by atoms with Crippen LogP contribution < -0.4 is 5.43 Å². The van der Waals surface area contributed by atoms with Gasteiger partial charge in [0.1, 0.15) is 6.54 Å². The molecular weight excluding hydrogens is 494 g/mol. The SMILES string of the molecule is CCOC(=O)c1cc(-c2ccc([N+](=O)[O-])cc2)n(CC(=O)N/N=C/c2c(C)[nH]c(C)c2C(=O)OCC)c1C. The maximum Gasteiger partial charge on any atom is 0.340 e. The van der Waals surface area contributed by atoms with E-state index >= 15 is 0 Å². The monoisotopic (exact) mass is 523 g/mol. The minimum absolute atomic E-state index is 0.0845. The fourth-order valence-corrected chi connectivity index (χ4v) is 4.03. The van der Waals surface area contributed by atoms with Crippen molar-refractivity contribution in [3.8, 4) is 11.3 Å². The molecule has 2 aromatic heterocycles. The molecule has 0 unspecified atom stereocenters. The zero-order valence-corrected chi connectivity index (χ0v) is 21.8. The van der Waals surface area contributed by atoms with Gasteiger partial charge >= 0.3 is 11.9 Å². The number of nitrogens with zero attached hydrogens (tertiary/aromatic N) is 3. The van der Waals surface area contributed by atoms with E-state index in [1.165, 1.54) is 18.3 Å². The van der Waals surface area contributed by atoms with E-state index in [-0.39, 0.29) is 31.0 Å². The lowest BCUT2D eigenvalue weighted by atomic mass is 10.1. The van der Waals surface area contributed by atoms with Gasteiger partial charge in [-0.1, -0.05) is 0 Å². The summed E-state index contributed by atoms with van der Waals surface area (Å²) in [5.41, 5.74) is 6.33. The van der Waals surface area contributed by atoms with E-state index in [2.05, 4.69) is 15.5 Å². The number of nitro groups is 1. The van der Waals surface area contributed by atoms with Gasteiger partial charge in [-0.25, -0.2) is 15.0 Å². The summed E-state index contributed by atoms with van der Waals surface area (Å²) >= 11 is 0. The number of esters is 2. The molecule has 0 aliphatic rings. The molecule has 0 spiro atoms. The summed E-state index contributed by atoms with van der Waals surface area (Å²) in [7, 11) is 0. The molecule has 0 saturated carbocycles. The van der Waals surface area contributed by atoms with Crippen molar-refractivity contribution in [2.24, 2.45) is 5.10 Å². The predicted molar refractivity (Wildman–Crippen MR) is 139 cm³/mol. The first-order valence-corrected chi connectivity index (χ1v) is 11.9. The number of carbonyl (C=O) groups is 3. The van der Waals surface area contributed by atoms with Gasteiger partial charge in [-0.05, 0) is 58.4 Å². The van der Waals surface area contributed by atoms with Crippen LogP contribution in [-0.4, -0.2) is 51.7 Å². The molecule has 2 heterocycles. The van der Waals surface area contributed by atoms with E-state index < -0.39 is 22.8 Å². The number of benzene rings is 1. The number of hydrazone groups is 1. The van der Waals surface area contributed by atoms with Crippen molar-refractivity contribution >= 4 is 29.7 Å². The largest absolute Gasteiger partial charge is 0.462 e. The van der Waals surface area contributed by atoms with Crippen LogP contribution in [-0.2, 0) is 20.8 Å². The second-order valence-corrected chi connectivity index (χ2v) is 8.32. The van der Waals surface area contributed by atoms with Gasteiger partial charge in [-0.3, -0.25) is 14.9 Å². The smallest absolute Gasteiger partial charge is 0.340 e. The van der Waals surface area contributed by atoms with Crippen molar-refractivity contribution in [1.82, 2.24) is 15.0 Å². The Hall–Kier alpha value is -4.74. The first-order valence-electron chi connectivity index (χ1n) is 11.9. The lowest BCUT2D eigenvalue weighted by Crippen LogP contribution is -2.24. The molecule has 0 fully saturated rings. The van der Waals surface area contributed by atoms with E-state index in [0.717, 1.165) is 0 Å². The van der Waals surface area contributed by atoms with Crippen LogP contribution in [0.2, 0.25) is 0 Å². The Kier molecular flexibility index (Phi) is 8.79. The highest BCUT2D eigenvalue weighted by molar-refractivity contribution is 6.01. The maximum atomic E-state index is 12.8. The fraction of sp³-hybridized carbons (Fsp3) is 0.308. The Bertz CT molecular complexity index is 1400. The lowest BCUT2D eigenvalue weighted by Gasteiger charge is -2.11. The first kappa shape index (κ1) is 27.8. The normalized spacial score (nSPS) is 11.0. The van der Waals surface area contributed by atoms with Crippen LogP contribution in [0, 0.1) is 30.9 Å². The van der Waals surface area contributed by atoms with Gasteiger partial charge in [0.25, 0.3) is 11.6 Å². The molecule has 200 valence electrons. The third kappa shape index (κ3) is 5.97. The number of amides is 1. The third-order valence-electron chi connectivity index (χ3n) is 5.82. The molecule has 38 heavy (non-hydrogen) atoms. The second-order valence-electron chi connectivity index (χ2n) is 8.32. The topological polar surface area (TPSA) is 158 Å². The molecule has 0 bridgehead atoms. The van der Waals surface area contributed by atoms with E-state index in [4.69, 9.17) is 9.47 Å². The summed E-state index contributed by atoms with van der Waals surface area (Å²) in [5.74, 6) is -1.54. The van der Waals surface area contributed by atoms with Crippen LogP contribution in [0.3, 0.4) is 0 Å². The number of carbonyl (C=O) groups excluding carboxylic acids is 3. The number of nitro benzene ring substituents is 1. The van der Waals surface area contributed by atoms with Gasteiger partial charge in [0.15, 0.2) is 0 Å². The van der Waals surface area contributed by atoms with Crippen LogP contribution in [0.15, 0.2) is 35.4 Å². The molecule has 0 aliphatic carbocycles. The Morgan fingerprint density at radius 1 is 1.05 bits per heavy atom. The summed E-state index contributed by atoms with van der Waals surface area (Å²) in [6.45, 7) is 8.78. The van der Waals surface area contributed by atoms with Gasteiger partial charge in [-0.2, -0.15) is 5.10 Å². The van der Waals surface area contributed by atoms with Crippen LogP contribution in [0.4, 0.5) is 5.69 Å². The number of hydrogen-bond donors (Lipinski definition) is 2. The number of H-pyrrole nitrogens is 1. The molecule has 0 aliphatic heterocycles. The molecule has 3 aromatic rings. The van der Waals surface area contributed by atoms with E-state index in [0.29, 0.717) is 39.5 Å². The van der Waals surface area contributed by atoms with Gasteiger partial charge in [0.2, 0.25) is 0 Å². The average molecular weight is 524 g/mol. The highest BCUT2D eigenvalue weighted by atomic mass is 16.6. The van der Waals surface area contributed by atoms with Crippen molar-refractivity contribution < 1.29 is 28.8 Å². The zero-order chi connectivity index (χ0) is 28.0. The minimum Gasteiger partial charge on any atom is -0.462 e. The van der Waals surface area contributed by atoms with Crippen molar-refractivity contribution in [3.05, 3.63) is 74.2 Å².